The molecule has 0 saturated carbocycles. The Morgan fingerprint density at radius 1 is 1.40 bits per heavy atom. The number of aromatic nitrogens is 1. The lowest BCUT2D eigenvalue weighted by molar-refractivity contribution is -0.131. The topological polar surface area (TPSA) is 53.1 Å². The van der Waals surface area contributed by atoms with Crippen molar-refractivity contribution in [2.45, 2.75) is 0 Å². The minimum absolute atomic E-state index is 0.453. The molecule has 0 saturated heterocycles. The van der Waals surface area contributed by atoms with Crippen molar-refractivity contribution in [3.63, 3.8) is 0 Å². The van der Waals surface area contributed by atoms with Crippen LogP contribution in [0.15, 0.2) is 30.3 Å². The van der Waals surface area contributed by atoms with E-state index < -0.39 is 5.97 Å². The van der Waals surface area contributed by atoms with E-state index in [9.17, 15) is 4.79 Å². The van der Waals surface area contributed by atoms with E-state index >= 15 is 0 Å². The second kappa shape index (κ2) is 3.79. The van der Waals surface area contributed by atoms with Crippen molar-refractivity contribution >= 4 is 34.5 Å². The highest BCUT2D eigenvalue weighted by atomic mass is 35.5. The van der Waals surface area contributed by atoms with Gasteiger partial charge in [0.05, 0.1) is 0 Å². The molecular weight excluding hydrogens is 214 g/mol. The number of hydrogen-bond donors (Lipinski definition) is 2. The predicted molar refractivity (Wildman–Crippen MR) is 60.0 cm³/mol. The van der Waals surface area contributed by atoms with Gasteiger partial charge in [0.25, 0.3) is 0 Å². The third-order valence-corrected chi connectivity index (χ3v) is 2.39. The highest BCUT2D eigenvalue weighted by Gasteiger charge is 2.06. The summed E-state index contributed by atoms with van der Waals surface area (Å²) in [6, 6.07) is 7.54. The number of carbonyl (C=O) groups is 1. The van der Waals surface area contributed by atoms with Gasteiger partial charge in [0.15, 0.2) is 0 Å². The van der Waals surface area contributed by atoms with Crippen molar-refractivity contribution in [1.82, 2.24) is 4.98 Å². The van der Waals surface area contributed by atoms with E-state index in [1.54, 1.807) is 0 Å². The Hall–Kier alpha value is -1.74. The molecule has 0 bridgehead atoms. The van der Waals surface area contributed by atoms with E-state index in [-0.39, 0.29) is 0 Å². The number of benzene rings is 1. The SMILES string of the molecule is O=C(O)C=Cc1c(Cl)[nH]c2ccccc12. The fraction of sp³-hybridized carbons (Fsp3) is 0. The molecule has 2 N–H and O–H groups in total. The highest BCUT2D eigenvalue weighted by molar-refractivity contribution is 6.32. The number of halogens is 1. The Bertz CT molecular complexity index is 543. The lowest BCUT2D eigenvalue weighted by atomic mass is 10.1. The van der Waals surface area contributed by atoms with Crippen LogP contribution >= 0.6 is 11.6 Å². The average Bonchev–Trinajstić information content (AvgIpc) is 2.50. The molecule has 0 spiro atoms. The van der Waals surface area contributed by atoms with Gasteiger partial charge >= 0.3 is 5.97 Å². The van der Waals surface area contributed by atoms with Crippen LogP contribution < -0.4 is 0 Å². The average molecular weight is 222 g/mol. The second-order valence-corrected chi connectivity index (χ2v) is 3.45. The van der Waals surface area contributed by atoms with Crippen LogP contribution in [0.4, 0.5) is 0 Å². The summed E-state index contributed by atoms with van der Waals surface area (Å²) < 4.78 is 0. The first kappa shape index (κ1) is 9.80. The molecule has 1 heterocycles. The lowest BCUT2D eigenvalue weighted by Crippen LogP contribution is -1.85. The van der Waals surface area contributed by atoms with E-state index in [1.165, 1.54) is 6.08 Å². The van der Waals surface area contributed by atoms with E-state index in [1.807, 2.05) is 24.3 Å². The summed E-state index contributed by atoms with van der Waals surface area (Å²) in [4.78, 5) is 13.4. The Morgan fingerprint density at radius 2 is 2.13 bits per heavy atom. The Kier molecular flexibility index (Phi) is 2.47. The Balaban J connectivity index is 2.59. The van der Waals surface area contributed by atoms with Crippen LogP contribution in [-0.2, 0) is 4.79 Å². The third kappa shape index (κ3) is 1.87. The second-order valence-electron chi connectivity index (χ2n) is 3.07. The summed E-state index contributed by atoms with van der Waals surface area (Å²) in [5.41, 5.74) is 1.60. The largest absolute Gasteiger partial charge is 0.478 e. The molecule has 0 radical (unpaired) electrons. The summed E-state index contributed by atoms with van der Waals surface area (Å²) in [7, 11) is 0. The summed E-state index contributed by atoms with van der Waals surface area (Å²) in [6.45, 7) is 0. The molecule has 0 unspecified atom stereocenters. The maximum atomic E-state index is 10.4. The molecule has 15 heavy (non-hydrogen) atoms. The Labute approximate surface area is 91.0 Å². The number of carboxylic acid groups (broad SMARTS) is 1. The van der Waals surface area contributed by atoms with E-state index in [4.69, 9.17) is 16.7 Å². The van der Waals surface area contributed by atoms with Crippen LogP contribution in [0.1, 0.15) is 5.56 Å². The van der Waals surface area contributed by atoms with E-state index in [2.05, 4.69) is 4.98 Å². The molecule has 1 aromatic heterocycles. The zero-order valence-electron chi connectivity index (χ0n) is 7.70. The molecule has 0 amide bonds. The summed E-state index contributed by atoms with van der Waals surface area (Å²) in [5.74, 6) is -0.989. The molecule has 0 aliphatic heterocycles. The number of carboxylic acids is 1. The standard InChI is InChI=1S/C11H8ClNO2/c12-11-8(5-6-10(14)15)7-3-1-2-4-9(7)13-11/h1-6,13H,(H,14,15). The molecule has 1 aromatic carbocycles. The number of aromatic amines is 1. The number of aliphatic carboxylic acids is 1. The maximum absolute atomic E-state index is 10.4. The number of H-pyrrole nitrogens is 1. The smallest absolute Gasteiger partial charge is 0.328 e. The van der Waals surface area contributed by atoms with Crippen LogP contribution in [0, 0.1) is 0 Å². The van der Waals surface area contributed by atoms with Gasteiger partial charge in [-0.15, -0.1) is 0 Å². The van der Waals surface area contributed by atoms with Crippen molar-refractivity contribution in [1.29, 1.82) is 0 Å². The van der Waals surface area contributed by atoms with E-state index in [0.29, 0.717) is 10.7 Å². The number of rotatable bonds is 2. The fourth-order valence-electron chi connectivity index (χ4n) is 1.45. The van der Waals surface area contributed by atoms with Gasteiger partial charge in [-0.1, -0.05) is 29.8 Å². The zero-order valence-corrected chi connectivity index (χ0v) is 8.45. The fourth-order valence-corrected chi connectivity index (χ4v) is 1.71. The van der Waals surface area contributed by atoms with Crippen molar-refractivity contribution in [2.24, 2.45) is 0 Å². The minimum atomic E-state index is -0.989. The first-order valence-electron chi connectivity index (χ1n) is 4.35. The molecule has 0 atom stereocenters. The highest BCUT2D eigenvalue weighted by Crippen LogP contribution is 2.26. The van der Waals surface area contributed by atoms with Crippen molar-refractivity contribution in [3.05, 3.63) is 41.1 Å². The summed E-state index contributed by atoms with van der Waals surface area (Å²) >= 11 is 5.95. The van der Waals surface area contributed by atoms with Crippen LogP contribution in [0.3, 0.4) is 0 Å². The number of fused-ring (bicyclic) bond motifs is 1. The van der Waals surface area contributed by atoms with Crippen LogP contribution in [0.5, 0.6) is 0 Å². The van der Waals surface area contributed by atoms with E-state index in [0.717, 1.165) is 17.0 Å². The number of para-hydroxylation sites is 1. The third-order valence-electron chi connectivity index (χ3n) is 2.09. The van der Waals surface area contributed by atoms with Gasteiger partial charge in [-0.25, -0.2) is 4.79 Å². The number of hydrogen-bond acceptors (Lipinski definition) is 1. The summed E-state index contributed by atoms with van der Waals surface area (Å²) in [5, 5.41) is 9.90. The molecule has 0 aliphatic rings. The van der Waals surface area contributed by atoms with Gasteiger partial charge in [-0.3, -0.25) is 0 Å². The molecule has 76 valence electrons. The van der Waals surface area contributed by atoms with Crippen LogP contribution in [-0.4, -0.2) is 16.1 Å². The summed E-state index contributed by atoms with van der Waals surface area (Å²) in [6.07, 6.45) is 2.56. The zero-order chi connectivity index (χ0) is 10.8. The molecule has 3 nitrogen and oxygen atoms in total. The minimum Gasteiger partial charge on any atom is -0.478 e. The maximum Gasteiger partial charge on any atom is 0.328 e. The molecular formula is C11H8ClNO2. The van der Waals surface area contributed by atoms with Crippen LogP contribution in [0.25, 0.3) is 17.0 Å². The monoisotopic (exact) mass is 221 g/mol. The van der Waals surface area contributed by atoms with Gasteiger partial charge in [0.2, 0.25) is 0 Å². The molecule has 2 rings (SSSR count). The van der Waals surface area contributed by atoms with Crippen molar-refractivity contribution in [3.8, 4) is 0 Å². The first-order valence-corrected chi connectivity index (χ1v) is 4.73. The first-order chi connectivity index (χ1) is 7.18. The van der Waals surface area contributed by atoms with Gasteiger partial charge in [-0.05, 0) is 12.1 Å². The molecule has 4 heteroatoms. The molecule has 2 aromatic rings. The number of nitrogens with one attached hydrogen (secondary N) is 1. The molecule has 0 fully saturated rings. The van der Waals surface area contributed by atoms with Crippen molar-refractivity contribution < 1.29 is 9.90 Å². The van der Waals surface area contributed by atoms with Gasteiger partial charge in [0.1, 0.15) is 5.15 Å². The quantitative estimate of drug-likeness (QED) is 0.766. The van der Waals surface area contributed by atoms with Crippen LogP contribution in [0.2, 0.25) is 5.15 Å². The molecule has 0 aliphatic carbocycles. The van der Waals surface area contributed by atoms with Gasteiger partial charge in [-0.2, -0.15) is 0 Å². The normalized spacial score (nSPS) is 11.3. The van der Waals surface area contributed by atoms with Gasteiger partial charge < -0.3 is 10.1 Å². The Morgan fingerprint density at radius 3 is 2.87 bits per heavy atom. The lowest BCUT2D eigenvalue weighted by Gasteiger charge is -1.90. The predicted octanol–water partition coefficient (Wildman–Crippen LogP) is 2.92. The van der Waals surface area contributed by atoms with Gasteiger partial charge in [0, 0.05) is 22.5 Å². The van der Waals surface area contributed by atoms with Crippen molar-refractivity contribution in [2.75, 3.05) is 0 Å².